The molecular formula is C16H20FN3O. The molecular weight excluding hydrogens is 269 g/mol. The van der Waals surface area contributed by atoms with Gasteiger partial charge >= 0.3 is 0 Å². The fraction of sp³-hybridized carbons (Fsp3) is 0.375. The van der Waals surface area contributed by atoms with Gasteiger partial charge in [0.25, 0.3) is 0 Å². The number of nitrogens with one attached hydrogen (secondary N) is 1. The summed E-state index contributed by atoms with van der Waals surface area (Å²) < 4.78 is 18.8. The van der Waals surface area contributed by atoms with E-state index in [1.807, 2.05) is 0 Å². The molecule has 1 aromatic carbocycles. The lowest BCUT2D eigenvalue weighted by Gasteiger charge is -2.09. The van der Waals surface area contributed by atoms with E-state index in [4.69, 9.17) is 4.74 Å². The van der Waals surface area contributed by atoms with Crippen molar-refractivity contribution in [3.63, 3.8) is 0 Å². The predicted molar refractivity (Wildman–Crippen MR) is 79.8 cm³/mol. The molecule has 1 heterocycles. The zero-order valence-electron chi connectivity index (χ0n) is 12.6. The van der Waals surface area contributed by atoms with Gasteiger partial charge in [-0.05, 0) is 43.1 Å². The fourth-order valence-electron chi connectivity index (χ4n) is 1.81. The summed E-state index contributed by atoms with van der Waals surface area (Å²) in [5.41, 5.74) is 1.35. The number of hydrogen-bond acceptors (Lipinski definition) is 4. The Balaban J connectivity index is 2.01. The average Bonchev–Trinajstić information content (AvgIpc) is 2.43. The third kappa shape index (κ3) is 4.79. The van der Waals surface area contributed by atoms with Crippen molar-refractivity contribution in [1.82, 2.24) is 15.3 Å². The Kier molecular flexibility index (Phi) is 5.22. The molecule has 5 heteroatoms. The number of aryl methyl sites for hydroxylation is 1. The first-order chi connectivity index (χ1) is 10.0. The van der Waals surface area contributed by atoms with Crippen molar-refractivity contribution < 1.29 is 9.13 Å². The number of nitrogens with zero attached hydrogens (tertiary/aromatic N) is 2. The van der Waals surface area contributed by atoms with Crippen LogP contribution in [0.3, 0.4) is 0 Å². The SMILES string of the molecule is Cc1cc(Oc2cncc(CNCC(C)C)n2)ccc1F. The molecule has 0 saturated carbocycles. The highest BCUT2D eigenvalue weighted by atomic mass is 19.1. The summed E-state index contributed by atoms with van der Waals surface area (Å²) in [6.07, 6.45) is 3.25. The average molecular weight is 289 g/mol. The largest absolute Gasteiger partial charge is 0.437 e. The van der Waals surface area contributed by atoms with E-state index in [0.29, 0.717) is 29.7 Å². The van der Waals surface area contributed by atoms with Crippen LogP contribution in [0.4, 0.5) is 4.39 Å². The number of hydrogen-bond donors (Lipinski definition) is 1. The van der Waals surface area contributed by atoms with Crippen molar-refractivity contribution in [2.75, 3.05) is 6.54 Å². The normalized spacial score (nSPS) is 10.9. The van der Waals surface area contributed by atoms with Crippen molar-refractivity contribution in [2.45, 2.75) is 27.3 Å². The molecule has 0 aliphatic rings. The van der Waals surface area contributed by atoms with E-state index in [2.05, 4.69) is 29.1 Å². The summed E-state index contributed by atoms with van der Waals surface area (Å²) in [5.74, 6) is 1.29. The second-order valence-electron chi connectivity index (χ2n) is 5.39. The first-order valence-corrected chi connectivity index (χ1v) is 7.00. The Morgan fingerprint density at radius 1 is 1.29 bits per heavy atom. The van der Waals surface area contributed by atoms with Crippen molar-refractivity contribution in [2.24, 2.45) is 5.92 Å². The van der Waals surface area contributed by atoms with Crippen LogP contribution in [0.15, 0.2) is 30.6 Å². The molecule has 0 atom stereocenters. The maximum absolute atomic E-state index is 13.2. The number of rotatable bonds is 6. The first-order valence-electron chi connectivity index (χ1n) is 7.00. The van der Waals surface area contributed by atoms with Crippen molar-refractivity contribution in [3.8, 4) is 11.6 Å². The van der Waals surface area contributed by atoms with E-state index in [1.54, 1.807) is 31.5 Å². The zero-order chi connectivity index (χ0) is 15.2. The standard InChI is InChI=1S/C16H20FN3O/c1-11(2)7-18-8-13-9-19-10-16(20-13)21-14-4-5-15(17)12(3)6-14/h4-6,9-11,18H,7-8H2,1-3H3. The fourth-order valence-corrected chi connectivity index (χ4v) is 1.81. The monoisotopic (exact) mass is 289 g/mol. The smallest absolute Gasteiger partial charge is 0.238 e. The van der Waals surface area contributed by atoms with E-state index in [-0.39, 0.29) is 5.82 Å². The van der Waals surface area contributed by atoms with Gasteiger partial charge in [-0.25, -0.2) is 9.37 Å². The highest BCUT2D eigenvalue weighted by Crippen LogP contribution is 2.21. The molecule has 0 radical (unpaired) electrons. The third-order valence-electron chi connectivity index (χ3n) is 2.87. The molecule has 0 aliphatic heterocycles. The van der Waals surface area contributed by atoms with Crippen molar-refractivity contribution in [1.29, 1.82) is 0 Å². The van der Waals surface area contributed by atoms with E-state index < -0.39 is 0 Å². The van der Waals surface area contributed by atoms with Crippen molar-refractivity contribution >= 4 is 0 Å². The van der Waals surface area contributed by atoms with Gasteiger partial charge in [0.05, 0.1) is 11.9 Å². The van der Waals surface area contributed by atoms with Gasteiger partial charge in [-0.1, -0.05) is 13.8 Å². The van der Waals surface area contributed by atoms with Crippen LogP contribution in [-0.2, 0) is 6.54 Å². The van der Waals surface area contributed by atoms with Crippen LogP contribution >= 0.6 is 0 Å². The molecule has 0 spiro atoms. The molecule has 2 rings (SSSR count). The maximum Gasteiger partial charge on any atom is 0.238 e. The van der Waals surface area contributed by atoms with Crippen LogP contribution < -0.4 is 10.1 Å². The predicted octanol–water partition coefficient (Wildman–Crippen LogP) is 3.46. The quantitative estimate of drug-likeness (QED) is 0.884. The topological polar surface area (TPSA) is 47.0 Å². The van der Waals surface area contributed by atoms with Gasteiger partial charge in [0, 0.05) is 12.7 Å². The summed E-state index contributed by atoms with van der Waals surface area (Å²) in [7, 11) is 0. The lowest BCUT2D eigenvalue weighted by atomic mass is 10.2. The minimum absolute atomic E-state index is 0.250. The number of benzene rings is 1. The number of aromatic nitrogens is 2. The van der Waals surface area contributed by atoms with E-state index >= 15 is 0 Å². The molecule has 1 N–H and O–H groups in total. The molecule has 0 fully saturated rings. The second kappa shape index (κ2) is 7.13. The molecule has 0 amide bonds. The molecule has 1 aromatic heterocycles. The Morgan fingerprint density at radius 3 is 2.81 bits per heavy atom. The van der Waals surface area contributed by atoms with Gasteiger partial charge in [0.15, 0.2) is 0 Å². The third-order valence-corrected chi connectivity index (χ3v) is 2.87. The summed E-state index contributed by atoms with van der Waals surface area (Å²) >= 11 is 0. The van der Waals surface area contributed by atoms with Crippen LogP contribution in [0, 0.1) is 18.7 Å². The molecule has 112 valence electrons. The zero-order valence-corrected chi connectivity index (χ0v) is 12.6. The molecule has 4 nitrogen and oxygen atoms in total. The van der Waals surface area contributed by atoms with Crippen LogP contribution in [0.5, 0.6) is 11.6 Å². The first kappa shape index (κ1) is 15.4. The Morgan fingerprint density at radius 2 is 2.10 bits per heavy atom. The van der Waals surface area contributed by atoms with Crippen LogP contribution in [0.1, 0.15) is 25.1 Å². The highest BCUT2D eigenvalue weighted by Gasteiger charge is 2.04. The van der Waals surface area contributed by atoms with Gasteiger partial charge in [-0.3, -0.25) is 4.98 Å². The van der Waals surface area contributed by atoms with Crippen LogP contribution in [0.2, 0.25) is 0 Å². The van der Waals surface area contributed by atoms with Gasteiger partial charge in [-0.2, -0.15) is 0 Å². The van der Waals surface area contributed by atoms with Crippen LogP contribution in [-0.4, -0.2) is 16.5 Å². The van der Waals surface area contributed by atoms with Gasteiger partial charge in [0.2, 0.25) is 5.88 Å². The van der Waals surface area contributed by atoms with E-state index in [1.165, 1.54) is 6.07 Å². The summed E-state index contributed by atoms with van der Waals surface area (Å²) in [4.78, 5) is 8.49. The Hall–Kier alpha value is -2.01. The highest BCUT2D eigenvalue weighted by molar-refractivity contribution is 5.31. The minimum Gasteiger partial charge on any atom is -0.437 e. The second-order valence-corrected chi connectivity index (χ2v) is 5.39. The lowest BCUT2D eigenvalue weighted by Crippen LogP contribution is -2.19. The molecule has 0 bridgehead atoms. The summed E-state index contributed by atoms with van der Waals surface area (Å²) in [6, 6.07) is 4.60. The molecule has 0 saturated heterocycles. The van der Waals surface area contributed by atoms with E-state index in [9.17, 15) is 4.39 Å². The van der Waals surface area contributed by atoms with Gasteiger partial charge in [-0.15, -0.1) is 0 Å². The molecule has 0 aliphatic carbocycles. The van der Waals surface area contributed by atoms with Gasteiger partial charge in [0.1, 0.15) is 11.6 Å². The summed E-state index contributed by atoms with van der Waals surface area (Å²) in [5, 5.41) is 3.30. The Labute approximate surface area is 124 Å². The number of halogens is 1. The molecule has 0 unspecified atom stereocenters. The minimum atomic E-state index is -0.250. The maximum atomic E-state index is 13.2. The van der Waals surface area contributed by atoms with Crippen LogP contribution in [0.25, 0.3) is 0 Å². The molecule has 2 aromatic rings. The van der Waals surface area contributed by atoms with Crippen molar-refractivity contribution in [3.05, 3.63) is 47.7 Å². The lowest BCUT2D eigenvalue weighted by molar-refractivity contribution is 0.453. The van der Waals surface area contributed by atoms with Gasteiger partial charge < -0.3 is 10.1 Å². The van der Waals surface area contributed by atoms with E-state index in [0.717, 1.165) is 12.2 Å². The number of ether oxygens (including phenoxy) is 1. The molecule has 21 heavy (non-hydrogen) atoms. The Bertz CT molecular complexity index is 602. The summed E-state index contributed by atoms with van der Waals surface area (Å²) in [6.45, 7) is 7.55.